The third-order valence-electron chi connectivity index (χ3n) is 4.41. The second-order valence-electron chi connectivity index (χ2n) is 7.62. The maximum atomic E-state index is 3.75. The van der Waals surface area contributed by atoms with Crippen molar-refractivity contribution in [3.05, 3.63) is 57.8 Å². The van der Waals surface area contributed by atoms with Gasteiger partial charge in [0.15, 0.2) is 0 Å². The van der Waals surface area contributed by atoms with E-state index in [0.29, 0.717) is 0 Å². The van der Waals surface area contributed by atoms with Crippen molar-refractivity contribution in [1.29, 1.82) is 0 Å². The zero-order valence-corrected chi connectivity index (χ0v) is 20.5. The Morgan fingerprint density at radius 1 is 1.00 bits per heavy atom. The molecule has 0 fully saturated rings. The van der Waals surface area contributed by atoms with Crippen LogP contribution >= 0.6 is 0 Å². The Hall–Kier alpha value is 0.501. The molecule has 132 valence electrons. The van der Waals surface area contributed by atoms with Crippen LogP contribution in [0.2, 0.25) is 19.6 Å². The second kappa shape index (κ2) is 10.6. The normalized spacial score (nSPS) is 13.5. The number of rotatable bonds is 3. The zero-order chi connectivity index (χ0) is 15.1. The average Bonchev–Trinajstić information content (AvgIpc) is 2.77. The van der Waals surface area contributed by atoms with E-state index in [1.807, 2.05) is 0 Å². The Balaban J connectivity index is -0.00000110. The molecule has 0 saturated carbocycles. The molecular formula is C19H27Cl3SiTi. The van der Waals surface area contributed by atoms with Crippen LogP contribution in [0.4, 0.5) is 0 Å². The fraction of sp³-hybridized carbons (Fsp3) is 0.474. The number of hydrogen-bond acceptors (Lipinski definition) is 0. The fourth-order valence-electron chi connectivity index (χ4n) is 3.05. The van der Waals surface area contributed by atoms with E-state index in [1.54, 1.807) is 0 Å². The SMILES string of the molecule is Cc1ccc(C(C)(C)C2=[C-]C([Si](C)(C)C)=CC2)c(C)c1.[Cl-].[Cl-].[Cl-].[Ti+4]. The van der Waals surface area contributed by atoms with E-state index in [4.69, 9.17) is 0 Å². The molecule has 0 aromatic heterocycles. The van der Waals surface area contributed by atoms with E-state index >= 15 is 0 Å². The molecule has 1 aromatic carbocycles. The smallest absolute Gasteiger partial charge is 1.00 e. The summed E-state index contributed by atoms with van der Waals surface area (Å²) < 4.78 is 0. The molecule has 0 bridgehead atoms. The van der Waals surface area contributed by atoms with Gasteiger partial charge in [-0.3, -0.25) is 6.08 Å². The van der Waals surface area contributed by atoms with Crippen LogP contribution in [-0.4, -0.2) is 8.07 Å². The molecule has 0 unspecified atom stereocenters. The van der Waals surface area contributed by atoms with Gasteiger partial charge in [0.1, 0.15) is 0 Å². The van der Waals surface area contributed by atoms with Crippen molar-refractivity contribution in [1.82, 2.24) is 0 Å². The molecule has 0 radical (unpaired) electrons. The third-order valence-corrected chi connectivity index (χ3v) is 6.36. The van der Waals surface area contributed by atoms with Gasteiger partial charge in [0.05, 0.1) is 0 Å². The van der Waals surface area contributed by atoms with Crippen molar-refractivity contribution in [3.8, 4) is 0 Å². The first-order chi connectivity index (χ1) is 9.12. The molecule has 1 aliphatic carbocycles. The van der Waals surface area contributed by atoms with Crippen molar-refractivity contribution < 1.29 is 58.9 Å². The minimum atomic E-state index is -1.24. The average molecular weight is 438 g/mol. The van der Waals surface area contributed by atoms with Gasteiger partial charge in [-0.25, -0.2) is 11.3 Å². The predicted octanol–water partition coefficient (Wildman–Crippen LogP) is -3.47. The largest absolute Gasteiger partial charge is 4.00 e. The molecule has 0 atom stereocenters. The van der Waals surface area contributed by atoms with Gasteiger partial charge in [0.2, 0.25) is 0 Å². The molecule has 0 aliphatic heterocycles. The molecule has 0 amide bonds. The molecular weight excluding hydrogens is 411 g/mol. The number of allylic oxidation sites excluding steroid dienone is 4. The number of aryl methyl sites for hydroxylation is 2. The van der Waals surface area contributed by atoms with Gasteiger partial charge >= 0.3 is 21.7 Å². The van der Waals surface area contributed by atoms with E-state index in [2.05, 4.69) is 77.7 Å². The summed E-state index contributed by atoms with van der Waals surface area (Å²) in [6.07, 6.45) is 7.23. The minimum absolute atomic E-state index is 0. The maximum absolute atomic E-state index is 3.75. The minimum Gasteiger partial charge on any atom is -1.00 e. The van der Waals surface area contributed by atoms with Crippen LogP contribution < -0.4 is 37.2 Å². The molecule has 0 heterocycles. The third kappa shape index (κ3) is 6.34. The first-order valence-electron chi connectivity index (χ1n) is 7.54. The summed E-state index contributed by atoms with van der Waals surface area (Å²) in [5, 5.41) is 1.49. The Bertz CT molecular complexity index is 599. The first kappa shape index (κ1) is 29.3. The number of benzene rings is 1. The van der Waals surface area contributed by atoms with Crippen LogP contribution in [0.15, 0.2) is 35.0 Å². The van der Waals surface area contributed by atoms with E-state index in [1.165, 1.54) is 27.5 Å². The van der Waals surface area contributed by atoms with Gasteiger partial charge in [-0.1, -0.05) is 63.7 Å². The van der Waals surface area contributed by atoms with E-state index in [0.717, 1.165) is 6.42 Å². The fourth-order valence-corrected chi connectivity index (χ4v) is 4.29. The summed E-state index contributed by atoms with van der Waals surface area (Å²) in [6, 6.07) is 6.82. The maximum Gasteiger partial charge on any atom is 4.00 e. The quantitative estimate of drug-likeness (QED) is 0.341. The summed E-state index contributed by atoms with van der Waals surface area (Å²) in [5.41, 5.74) is 5.70. The monoisotopic (exact) mass is 436 g/mol. The Morgan fingerprint density at radius 2 is 1.54 bits per heavy atom. The number of halogens is 3. The van der Waals surface area contributed by atoms with Crippen molar-refractivity contribution in [2.24, 2.45) is 0 Å². The van der Waals surface area contributed by atoms with Gasteiger partial charge < -0.3 is 37.2 Å². The van der Waals surface area contributed by atoms with Gasteiger partial charge in [0.25, 0.3) is 0 Å². The standard InChI is InChI=1S/C19H27Si.3ClH.Ti/c1-14-8-11-18(15(2)12-14)19(3,4)16-9-10-17(13-16)20(5,6)7;;;;/h8,10-12H,9H2,1-7H3;3*1H;/q-1;;;;+4/p-3. The van der Waals surface area contributed by atoms with Crippen molar-refractivity contribution in [2.45, 2.75) is 59.2 Å². The van der Waals surface area contributed by atoms with Crippen LogP contribution in [0.5, 0.6) is 0 Å². The topological polar surface area (TPSA) is 0 Å². The molecule has 1 aromatic rings. The van der Waals surface area contributed by atoms with Gasteiger partial charge in [-0.05, 0) is 30.4 Å². The van der Waals surface area contributed by atoms with Crippen molar-refractivity contribution in [3.63, 3.8) is 0 Å². The summed E-state index contributed by atoms with van der Waals surface area (Å²) >= 11 is 0. The molecule has 0 saturated heterocycles. The molecule has 0 spiro atoms. The van der Waals surface area contributed by atoms with Crippen LogP contribution in [-0.2, 0) is 27.1 Å². The molecule has 24 heavy (non-hydrogen) atoms. The first-order valence-corrected chi connectivity index (χ1v) is 11.0. The van der Waals surface area contributed by atoms with Gasteiger partial charge in [-0.2, -0.15) is 5.57 Å². The van der Waals surface area contributed by atoms with Crippen LogP contribution in [0.1, 0.15) is 37.0 Å². The molecule has 1 aliphatic rings. The summed E-state index contributed by atoms with van der Waals surface area (Å²) in [6.45, 7) is 16.3. The van der Waals surface area contributed by atoms with Crippen molar-refractivity contribution >= 4 is 8.07 Å². The van der Waals surface area contributed by atoms with E-state index in [9.17, 15) is 0 Å². The summed E-state index contributed by atoms with van der Waals surface area (Å²) in [4.78, 5) is 0. The van der Waals surface area contributed by atoms with Crippen LogP contribution in [0.25, 0.3) is 0 Å². The van der Waals surface area contributed by atoms with Crippen LogP contribution in [0.3, 0.4) is 0 Å². The van der Waals surface area contributed by atoms with Gasteiger partial charge in [-0.15, -0.1) is 0 Å². The molecule has 0 nitrogen and oxygen atoms in total. The Kier molecular flexibility index (Phi) is 12.9. The summed E-state index contributed by atoms with van der Waals surface area (Å²) in [5.74, 6) is 0. The summed E-state index contributed by atoms with van der Waals surface area (Å²) in [7, 11) is -1.24. The molecule has 2 rings (SSSR count). The second-order valence-corrected chi connectivity index (χ2v) is 12.7. The number of hydrogen-bond donors (Lipinski definition) is 0. The van der Waals surface area contributed by atoms with Crippen LogP contribution in [0, 0.1) is 19.9 Å². The van der Waals surface area contributed by atoms with Crippen molar-refractivity contribution in [2.75, 3.05) is 0 Å². The molecule has 0 N–H and O–H groups in total. The Morgan fingerprint density at radius 3 is 1.96 bits per heavy atom. The van der Waals surface area contributed by atoms with Gasteiger partial charge in [0, 0.05) is 8.07 Å². The molecule has 5 heteroatoms. The van der Waals surface area contributed by atoms with E-state index < -0.39 is 8.07 Å². The Labute approximate surface area is 183 Å². The van der Waals surface area contributed by atoms with E-state index in [-0.39, 0.29) is 64.4 Å². The zero-order valence-electron chi connectivity index (χ0n) is 15.7. The predicted molar refractivity (Wildman–Crippen MR) is 91.7 cm³/mol.